The van der Waals surface area contributed by atoms with E-state index in [4.69, 9.17) is 5.73 Å². The zero-order valence-corrected chi connectivity index (χ0v) is 10.9. The minimum atomic E-state index is -0.673. The van der Waals surface area contributed by atoms with Crippen molar-refractivity contribution < 1.29 is 4.39 Å². The van der Waals surface area contributed by atoms with Gasteiger partial charge in [0.15, 0.2) is 0 Å². The molecule has 2 aliphatic carbocycles. The van der Waals surface area contributed by atoms with Crippen LogP contribution in [0.2, 0.25) is 0 Å². The third-order valence-electron chi connectivity index (χ3n) is 4.25. The summed E-state index contributed by atoms with van der Waals surface area (Å²) >= 11 is 0. The summed E-state index contributed by atoms with van der Waals surface area (Å²) in [6, 6.07) is 3.28. The first-order valence-electron chi connectivity index (χ1n) is 6.52. The van der Waals surface area contributed by atoms with Gasteiger partial charge in [0.2, 0.25) is 5.56 Å². The molecule has 0 saturated carbocycles. The molecule has 3 nitrogen and oxygen atoms in total. The van der Waals surface area contributed by atoms with Crippen molar-refractivity contribution in [1.29, 1.82) is 0 Å². The van der Waals surface area contributed by atoms with E-state index in [9.17, 15) is 9.18 Å². The Hall–Kier alpha value is -1.68. The third kappa shape index (κ3) is 1.70. The second kappa shape index (κ2) is 4.17. The number of hydrogen-bond donors (Lipinski definition) is 2. The maximum atomic E-state index is 13.0. The number of H-pyrrole nitrogens is 1. The van der Waals surface area contributed by atoms with E-state index < -0.39 is 12.2 Å². The average Bonchev–Trinajstić information content (AvgIpc) is 2.37. The number of fused-ring (bicyclic) bond motifs is 4. The topological polar surface area (TPSA) is 58.9 Å². The van der Waals surface area contributed by atoms with Gasteiger partial charge in [0, 0.05) is 17.7 Å². The van der Waals surface area contributed by atoms with Crippen LogP contribution >= 0.6 is 0 Å². The maximum Gasteiger partial charge on any atom is 0.248 e. The van der Waals surface area contributed by atoms with Gasteiger partial charge in [0.05, 0.1) is 5.54 Å². The molecule has 2 atom stereocenters. The Morgan fingerprint density at radius 2 is 2.37 bits per heavy atom. The fraction of sp³-hybridized carbons (Fsp3) is 0.400. The van der Waals surface area contributed by atoms with Gasteiger partial charge in [-0.1, -0.05) is 12.2 Å². The fourth-order valence-electron chi connectivity index (χ4n) is 3.52. The SMILES string of the molecule is C/C=C1\C2C=C(CF)CC1(N)c1ccc(=O)[nH]c1C2. The molecule has 100 valence electrons. The van der Waals surface area contributed by atoms with Gasteiger partial charge in [-0.3, -0.25) is 4.79 Å². The van der Waals surface area contributed by atoms with Crippen LogP contribution in [0.25, 0.3) is 0 Å². The molecule has 1 aromatic heterocycles. The normalized spacial score (nSPS) is 31.0. The molecule has 2 bridgehead atoms. The number of alkyl halides is 1. The van der Waals surface area contributed by atoms with Crippen LogP contribution in [0, 0.1) is 5.92 Å². The lowest BCUT2D eigenvalue weighted by Crippen LogP contribution is -2.48. The van der Waals surface area contributed by atoms with E-state index in [0.717, 1.165) is 22.4 Å². The molecule has 19 heavy (non-hydrogen) atoms. The van der Waals surface area contributed by atoms with Crippen LogP contribution in [0.1, 0.15) is 24.6 Å². The first-order valence-corrected chi connectivity index (χ1v) is 6.52. The summed E-state index contributed by atoms with van der Waals surface area (Å²) in [4.78, 5) is 14.3. The van der Waals surface area contributed by atoms with Gasteiger partial charge in [-0.05, 0) is 42.5 Å². The summed E-state index contributed by atoms with van der Waals surface area (Å²) in [5, 5.41) is 0. The van der Waals surface area contributed by atoms with Crippen molar-refractivity contribution in [3.63, 3.8) is 0 Å². The molecule has 3 N–H and O–H groups in total. The van der Waals surface area contributed by atoms with Gasteiger partial charge in [-0.15, -0.1) is 0 Å². The Morgan fingerprint density at radius 1 is 1.58 bits per heavy atom. The highest BCUT2D eigenvalue weighted by molar-refractivity contribution is 5.49. The molecule has 0 fully saturated rings. The van der Waals surface area contributed by atoms with Crippen molar-refractivity contribution in [1.82, 2.24) is 4.98 Å². The van der Waals surface area contributed by atoms with Crippen molar-refractivity contribution in [2.24, 2.45) is 11.7 Å². The van der Waals surface area contributed by atoms with Gasteiger partial charge in [0.25, 0.3) is 0 Å². The second-order valence-corrected chi connectivity index (χ2v) is 5.38. The van der Waals surface area contributed by atoms with Crippen LogP contribution in [0.5, 0.6) is 0 Å². The Morgan fingerprint density at radius 3 is 3.05 bits per heavy atom. The predicted molar refractivity (Wildman–Crippen MR) is 72.6 cm³/mol. The van der Waals surface area contributed by atoms with E-state index in [-0.39, 0.29) is 11.5 Å². The molecule has 2 aliphatic rings. The summed E-state index contributed by atoms with van der Waals surface area (Å²) in [6.45, 7) is 1.51. The number of halogens is 1. The lowest BCUT2D eigenvalue weighted by Gasteiger charge is -2.45. The predicted octanol–water partition coefficient (Wildman–Crippen LogP) is 1.95. The van der Waals surface area contributed by atoms with Gasteiger partial charge < -0.3 is 10.7 Å². The highest BCUT2D eigenvalue weighted by atomic mass is 19.1. The minimum Gasteiger partial charge on any atom is -0.326 e. The number of aromatic nitrogens is 1. The summed E-state index contributed by atoms with van der Waals surface area (Å²) < 4.78 is 13.0. The number of aromatic amines is 1. The Balaban J connectivity index is 2.24. The molecule has 0 spiro atoms. The maximum absolute atomic E-state index is 13.0. The molecular weight excluding hydrogens is 243 g/mol. The number of nitrogens with two attached hydrogens (primary N) is 1. The van der Waals surface area contributed by atoms with E-state index in [2.05, 4.69) is 4.98 Å². The molecule has 0 radical (unpaired) electrons. The summed E-state index contributed by atoms with van der Waals surface area (Å²) in [7, 11) is 0. The van der Waals surface area contributed by atoms with E-state index in [1.54, 1.807) is 6.07 Å². The molecule has 4 heteroatoms. The Kier molecular flexibility index (Phi) is 2.71. The molecule has 0 amide bonds. The van der Waals surface area contributed by atoms with Crippen molar-refractivity contribution in [3.8, 4) is 0 Å². The van der Waals surface area contributed by atoms with Gasteiger partial charge >= 0.3 is 0 Å². The number of hydrogen-bond acceptors (Lipinski definition) is 2. The molecule has 1 heterocycles. The number of rotatable bonds is 1. The van der Waals surface area contributed by atoms with Crippen molar-refractivity contribution in [2.75, 3.05) is 6.67 Å². The van der Waals surface area contributed by atoms with Gasteiger partial charge in [0.1, 0.15) is 6.67 Å². The lowest BCUT2D eigenvalue weighted by molar-refractivity contribution is 0.387. The largest absolute Gasteiger partial charge is 0.326 e. The van der Waals surface area contributed by atoms with E-state index in [1.165, 1.54) is 6.07 Å². The highest BCUT2D eigenvalue weighted by Crippen LogP contribution is 2.47. The molecule has 3 rings (SSSR count). The van der Waals surface area contributed by atoms with Crippen LogP contribution < -0.4 is 11.3 Å². The first-order chi connectivity index (χ1) is 9.08. The third-order valence-corrected chi connectivity index (χ3v) is 4.25. The highest BCUT2D eigenvalue weighted by Gasteiger charge is 2.44. The van der Waals surface area contributed by atoms with E-state index in [0.29, 0.717) is 12.8 Å². The summed E-state index contributed by atoms with van der Waals surface area (Å²) in [5.74, 6) is 0.0973. The van der Waals surface area contributed by atoms with Crippen LogP contribution in [-0.4, -0.2) is 11.7 Å². The molecule has 0 aliphatic heterocycles. The smallest absolute Gasteiger partial charge is 0.248 e. The number of pyridine rings is 1. The zero-order chi connectivity index (χ0) is 13.6. The van der Waals surface area contributed by atoms with Crippen LogP contribution in [0.15, 0.2) is 40.2 Å². The van der Waals surface area contributed by atoms with E-state index >= 15 is 0 Å². The second-order valence-electron chi connectivity index (χ2n) is 5.38. The average molecular weight is 260 g/mol. The lowest BCUT2D eigenvalue weighted by atomic mass is 9.63. The first kappa shape index (κ1) is 12.4. The number of allylic oxidation sites excluding steroid dienone is 2. The van der Waals surface area contributed by atoms with Gasteiger partial charge in [-0.25, -0.2) is 4.39 Å². The van der Waals surface area contributed by atoms with Crippen molar-refractivity contribution in [3.05, 3.63) is 57.0 Å². The van der Waals surface area contributed by atoms with Gasteiger partial charge in [-0.2, -0.15) is 0 Å². The zero-order valence-electron chi connectivity index (χ0n) is 10.9. The standard InChI is InChI=1S/C15H17FN2O/c1-2-11-10-5-9(8-16)7-15(11,17)12-3-4-14(19)18-13(12)6-10/h2-5,10H,6-8,17H2,1H3,(H,18,19)/b11-2+. The molecule has 0 saturated heterocycles. The Bertz CT molecular complexity index is 644. The molecule has 0 aromatic carbocycles. The minimum absolute atomic E-state index is 0.0973. The monoisotopic (exact) mass is 260 g/mol. The van der Waals surface area contributed by atoms with Crippen LogP contribution in [0.3, 0.4) is 0 Å². The van der Waals surface area contributed by atoms with Crippen LogP contribution in [0.4, 0.5) is 4.39 Å². The number of nitrogens with one attached hydrogen (secondary N) is 1. The summed E-state index contributed by atoms with van der Waals surface area (Å²) in [5.41, 5.74) is 9.50. The Labute approximate surface area is 111 Å². The fourth-order valence-corrected chi connectivity index (χ4v) is 3.52. The van der Waals surface area contributed by atoms with Crippen LogP contribution in [-0.2, 0) is 12.0 Å². The van der Waals surface area contributed by atoms with E-state index in [1.807, 2.05) is 19.1 Å². The molecular formula is C15H17FN2O. The summed E-state index contributed by atoms with van der Waals surface area (Å²) in [6.07, 6.45) is 5.17. The quantitative estimate of drug-likeness (QED) is 0.758. The van der Waals surface area contributed by atoms with Crippen molar-refractivity contribution in [2.45, 2.75) is 25.3 Å². The van der Waals surface area contributed by atoms with Crippen molar-refractivity contribution >= 4 is 0 Å². The molecule has 2 unspecified atom stereocenters. The molecule has 1 aromatic rings.